The van der Waals surface area contributed by atoms with Crippen LogP contribution >= 0.6 is 0 Å². The maximum Gasteiger partial charge on any atom is 0.255 e. The van der Waals surface area contributed by atoms with Gasteiger partial charge in [0.1, 0.15) is 18.1 Å². The van der Waals surface area contributed by atoms with Crippen molar-refractivity contribution >= 4 is 23.2 Å². The Hall–Kier alpha value is -3.32. The van der Waals surface area contributed by atoms with E-state index in [1.807, 2.05) is 6.92 Å². The fraction of sp³-hybridized carbons (Fsp3) is 0.368. The van der Waals surface area contributed by atoms with E-state index in [2.05, 4.69) is 25.9 Å². The number of amides is 1. The first-order valence-electron chi connectivity index (χ1n) is 8.87. The molecule has 8 nitrogen and oxygen atoms in total. The summed E-state index contributed by atoms with van der Waals surface area (Å²) in [5.74, 6) is -1.21. The Kier molecular flexibility index (Phi) is 7.01. The van der Waals surface area contributed by atoms with Gasteiger partial charge in [-0.25, -0.2) is 18.7 Å². The van der Waals surface area contributed by atoms with Gasteiger partial charge in [-0.1, -0.05) is 0 Å². The van der Waals surface area contributed by atoms with Gasteiger partial charge in [0.05, 0.1) is 29.0 Å². The predicted molar refractivity (Wildman–Crippen MR) is 104 cm³/mol. The molecule has 2 aromatic heterocycles. The summed E-state index contributed by atoms with van der Waals surface area (Å²) < 4.78 is 27.9. The highest BCUT2D eigenvalue weighted by atomic mass is 19.1. The van der Waals surface area contributed by atoms with E-state index >= 15 is 0 Å². The smallest absolute Gasteiger partial charge is 0.255 e. The van der Waals surface area contributed by atoms with Crippen molar-refractivity contribution in [3.63, 3.8) is 0 Å². The number of halogens is 2. The van der Waals surface area contributed by atoms with Gasteiger partial charge in [-0.15, -0.1) is 0 Å². The van der Waals surface area contributed by atoms with Gasteiger partial charge in [0.25, 0.3) is 5.91 Å². The first kappa shape index (κ1) is 22.0. The number of nitrogens with one attached hydrogen (secondary N) is 3. The van der Waals surface area contributed by atoms with Gasteiger partial charge >= 0.3 is 0 Å². The van der Waals surface area contributed by atoms with Crippen molar-refractivity contribution in [3.8, 4) is 6.07 Å². The summed E-state index contributed by atoms with van der Waals surface area (Å²) in [4.78, 5) is 20.3. The summed E-state index contributed by atoms with van der Waals surface area (Å²) in [5.41, 5.74) is -0.940. The van der Waals surface area contributed by atoms with Crippen molar-refractivity contribution in [2.24, 2.45) is 0 Å². The molecule has 10 heteroatoms. The second kappa shape index (κ2) is 9.25. The monoisotopic (exact) mass is 404 g/mol. The van der Waals surface area contributed by atoms with E-state index in [-0.39, 0.29) is 29.3 Å². The molecule has 2 rings (SSSR count). The molecule has 0 aromatic carbocycles. The van der Waals surface area contributed by atoms with Crippen LogP contribution in [0.4, 0.5) is 26.1 Å². The average molecular weight is 404 g/mol. The van der Waals surface area contributed by atoms with Crippen LogP contribution < -0.4 is 16.0 Å². The Bertz CT molecular complexity index is 924. The molecule has 0 saturated carbocycles. The van der Waals surface area contributed by atoms with Crippen LogP contribution in [-0.2, 0) is 0 Å². The largest absolute Gasteiger partial charge is 0.387 e. The Morgan fingerprint density at radius 3 is 2.66 bits per heavy atom. The zero-order chi connectivity index (χ0) is 21.6. The summed E-state index contributed by atoms with van der Waals surface area (Å²) in [7, 11) is 0. The van der Waals surface area contributed by atoms with Gasteiger partial charge in [-0.05, 0) is 26.8 Å². The molecule has 0 aliphatic heterocycles. The molecule has 2 heterocycles. The van der Waals surface area contributed by atoms with Crippen LogP contribution in [0.3, 0.4) is 0 Å². The van der Waals surface area contributed by atoms with Crippen molar-refractivity contribution in [1.82, 2.24) is 15.3 Å². The van der Waals surface area contributed by atoms with E-state index in [9.17, 15) is 18.7 Å². The number of pyridine rings is 2. The number of hydrogen-bond acceptors (Lipinski definition) is 7. The average Bonchev–Trinajstić information content (AvgIpc) is 2.67. The standard InChI is InChI=1S/C19H22F2N6O2/c1-4-23-14-6-16(27-17-13(20)5-11(7-22)8-25-17)24-9-12(14)18(28)26-10-15(21)19(2,3)29/h5-6,8-9,15,29H,4,10H2,1-3H3,(H,26,28)(H2,23,24,25,27). The molecule has 0 bridgehead atoms. The minimum atomic E-state index is -1.65. The summed E-state index contributed by atoms with van der Waals surface area (Å²) >= 11 is 0. The lowest BCUT2D eigenvalue weighted by Crippen LogP contribution is -2.42. The number of aliphatic hydroxyl groups is 1. The molecule has 1 atom stereocenters. The molecular weight excluding hydrogens is 382 g/mol. The highest BCUT2D eigenvalue weighted by molar-refractivity contribution is 5.99. The van der Waals surface area contributed by atoms with Gasteiger partial charge < -0.3 is 21.1 Å². The lowest BCUT2D eigenvalue weighted by molar-refractivity contribution is -0.00177. The Morgan fingerprint density at radius 2 is 2.07 bits per heavy atom. The predicted octanol–water partition coefficient (Wildman–Crippen LogP) is 2.50. The van der Waals surface area contributed by atoms with Gasteiger partial charge in [0.15, 0.2) is 11.6 Å². The topological polar surface area (TPSA) is 123 Å². The van der Waals surface area contributed by atoms with Crippen molar-refractivity contribution in [2.75, 3.05) is 23.7 Å². The molecule has 29 heavy (non-hydrogen) atoms. The van der Waals surface area contributed by atoms with Gasteiger partial charge in [-0.3, -0.25) is 4.79 Å². The molecular formula is C19H22F2N6O2. The van der Waals surface area contributed by atoms with Crippen molar-refractivity contribution < 1.29 is 18.7 Å². The van der Waals surface area contributed by atoms with Crippen molar-refractivity contribution in [2.45, 2.75) is 32.5 Å². The van der Waals surface area contributed by atoms with Crippen LogP contribution in [0, 0.1) is 17.1 Å². The minimum Gasteiger partial charge on any atom is -0.387 e. The number of nitriles is 1. The van der Waals surface area contributed by atoms with Crippen molar-refractivity contribution in [1.29, 1.82) is 5.26 Å². The number of alkyl halides is 1. The number of carbonyl (C=O) groups is 1. The zero-order valence-corrected chi connectivity index (χ0v) is 16.3. The van der Waals surface area contributed by atoms with Crippen LogP contribution in [0.2, 0.25) is 0 Å². The van der Waals surface area contributed by atoms with E-state index in [1.54, 1.807) is 6.07 Å². The number of rotatable bonds is 8. The van der Waals surface area contributed by atoms with E-state index in [4.69, 9.17) is 5.26 Å². The third-order valence-corrected chi connectivity index (χ3v) is 3.94. The molecule has 0 aliphatic rings. The molecule has 4 N–H and O–H groups in total. The van der Waals surface area contributed by atoms with Gasteiger partial charge in [0.2, 0.25) is 0 Å². The van der Waals surface area contributed by atoms with Crippen molar-refractivity contribution in [3.05, 3.63) is 41.5 Å². The second-order valence-electron chi connectivity index (χ2n) is 6.77. The molecule has 0 saturated heterocycles. The first-order chi connectivity index (χ1) is 13.7. The number of hydrogen-bond donors (Lipinski definition) is 4. The third-order valence-electron chi connectivity index (χ3n) is 3.94. The second-order valence-corrected chi connectivity index (χ2v) is 6.77. The summed E-state index contributed by atoms with van der Waals surface area (Å²) in [6, 6.07) is 4.32. The maximum atomic E-state index is 14.0. The molecule has 0 radical (unpaired) electrons. The molecule has 2 aromatic rings. The SMILES string of the molecule is CCNc1cc(Nc2ncc(C#N)cc2F)ncc1C(=O)NCC(F)C(C)(C)O. The molecule has 0 fully saturated rings. The van der Waals surface area contributed by atoms with Crippen LogP contribution in [0.15, 0.2) is 24.5 Å². The Balaban J connectivity index is 2.20. The minimum absolute atomic E-state index is 0.0820. The highest BCUT2D eigenvalue weighted by Gasteiger charge is 2.27. The summed E-state index contributed by atoms with van der Waals surface area (Å²) in [5, 5.41) is 26.5. The molecule has 154 valence electrons. The number of aromatic nitrogens is 2. The van der Waals surface area contributed by atoms with Crippen LogP contribution in [-0.4, -0.2) is 45.8 Å². The third kappa shape index (κ3) is 5.83. The normalized spacial score (nSPS) is 12.0. The molecule has 0 spiro atoms. The van der Waals surface area contributed by atoms with E-state index < -0.39 is 23.5 Å². The van der Waals surface area contributed by atoms with Crippen LogP contribution in [0.1, 0.15) is 36.7 Å². The quantitative estimate of drug-likeness (QED) is 0.533. The first-order valence-corrected chi connectivity index (χ1v) is 8.87. The van der Waals surface area contributed by atoms with E-state index in [0.717, 1.165) is 6.07 Å². The molecule has 1 unspecified atom stereocenters. The maximum absolute atomic E-state index is 14.0. The number of anilines is 3. The summed E-state index contributed by atoms with van der Waals surface area (Å²) in [6.45, 7) is 4.57. The van der Waals surface area contributed by atoms with E-state index in [0.29, 0.717) is 12.2 Å². The van der Waals surface area contributed by atoms with Gasteiger partial charge in [-0.2, -0.15) is 5.26 Å². The lowest BCUT2D eigenvalue weighted by atomic mass is 10.0. The fourth-order valence-electron chi connectivity index (χ4n) is 2.28. The Morgan fingerprint density at radius 1 is 1.34 bits per heavy atom. The lowest BCUT2D eigenvalue weighted by Gasteiger charge is -2.22. The highest BCUT2D eigenvalue weighted by Crippen LogP contribution is 2.22. The van der Waals surface area contributed by atoms with Gasteiger partial charge in [0, 0.05) is 25.0 Å². The fourth-order valence-corrected chi connectivity index (χ4v) is 2.28. The molecule has 0 aliphatic carbocycles. The molecule has 1 amide bonds. The zero-order valence-electron chi connectivity index (χ0n) is 16.3. The summed E-state index contributed by atoms with van der Waals surface area (Å²) in [6.07, 6.45) is 0.830. The van der Waals surface area contributed by atoms with Crippen LogP contribution in [0.25, 0.3) is 0 Å². The van der Waals surface area contributed by atoms with E-state index in [1.165, 1.54) is 32.3 Å². The number of nitrogens with zero attached hydrogens (tertiary/aromatic N) is 3. The Labute approximate surface area is 167 Å². The number of carbonyl (C=O) groups excluding carboxylic acids is 1. The van der Waals surface area contributed by atoms with Crippen LogP contribution in [0.5, 0.6) is 0 Å².